The average molecular weight is 834 g/mol. The number of aryl methyl sites for hydroxylation is 3. The van der Waals surface area contributed by atoms with Gasteiger partial charge in [0.15, 0.2) is 11.5 Å². The van der Waals surface area contributed by atoms with Gasteiger partial charge in [-0.1, -0.05) is 42.3 Å². The zero-order chi connectivity index (χ0) is 42.5. The third-order valence-electron chi connectivity index (χ3n) is 12.0. The Balaban J connectivity index is 0.000000269. The Morgan fingerprint density at radius 1 is 0.852 bits per heavy atom. The fourth-order valence-electron chi connectivity index (χ4n) is 8.44. The third kappa shape index (κ3) is 9.27. The molecule has 1 aliphatic heterocycles. The van der Waals surface area contributed by atoms with Crippen molar-refractivity contribution in [2.45, 2.75) is 63.9 Å². The first kappa shape index (κ1) is 41.2. The highest BCUT2D eigenvalue weighted by atomic mass is 35.5. The Kier molecular flexibility index (Phi) is 12.4. The molecule has 13 heteroatoms. The number of nitriles is 1. The number of anilines is 1. The number of benzene rings is 3. The lowest BCUT2D eigenvalue weighted by atomic mass is 9.91. The van der Waals surface area contributed by atoms with Crippen molar-refractivity contribution in [1.82, 2.24) is 29.3 Å². The second-order valence-corrected chi connectivity index (χ2v) is 16.4. The number of hydrogen-bond acceptors (Lipinski definition) is 9. The summed E-state index contributed by atoms with van der Waals surface area (Å²) in [5.41, 5.74) is 12.8. The summed E-state index contributed by atoms with van der Waals surface area (Å²) in [6, 6.07) is 29.5. The van der Waals surface area contributed by atoms with Gasteiger partial charge in [-0.05, 0) is 128 Å². The number of pyridine rings is 2. The molecule has 0 atom stereocenters. The Morgan fingerprint density at radius 3 is 2.34 bits per heavy atom. The minimum absolute atomic E-state index is 0.0331. The summed E-state index contributed by atoms with van der Waals surface area (Å²) < 4.78 is 9.20. The van der Waals surface area contributed by atoms with E-state index in [2.05, 4.69) is 63.6 Å². The molecular formula is C48H48ClN9O3. The number of hydrogen-bond donors (Lipinski definition) is 1. The monoisotopic (exact) mass is 833 g/mol. The number of piperidine rings is 1. The number of imidazole rings is 1. The fourth-order valence-corrected chi connectivity index (χ4v) is 8.66. The average Bonchev–Trinajstić information content (AvgIpc) is 3.51. The molecule has 0 bridgehead atoms. The van der Waals surface area contributed by atoms with Gasteiger partial charge >= 0.3 is 5.69 Å². The maximum Gasteiger partial charge on any atom is 0.328 e. The lowest BCUT2D eigenvalue weighted by molar-refractivity contribution is 0.0994. The lowest BCUT2D eigenvalue weighted by Gasteiger charge is -2.32. The van der Waals surface area contributed by atoms with Crippen LogP contribution in [0.25, 0.3) is 44.2 Å². The van der Waals surface area contributed by atoms with Crippen LogP contribution in [0.4, 0.5) is 5.82 Å². The van der Waals surface area contributed by atoms with Gasteiger partial charge in [0.25, 0.3) is 5.91 Å². The molecule has 2 N–H and O–H groups in total. The first-order valence-electron chi connectivity index (χ1n) is 20.9. The van der Waals surface area contributed by atoms with Gasteiger partial charge in [-0.2, -0.15) is 5.26 Å². The standard InChI is InChI=1S/C35H34N8O2.C13H14ClNO/c1-41-31-12-8-24(19-32(31)42(2)35(41)45)27-5-3-4-23-18-30(38-21-28(23)27)25-7-10-26(37-20-25)9-6-22-14-16-43(17-15-22)33-13-11-29(34(36)44)39-40-33;14-13-8-12(7-6-10(13)9-15)16-11-4-2-1-3-5-11/h3-5,7-8,10-13,18-22H,6,9,14-17H2,1-2H3,(H2,36,44);6-8,11H,1-5H2. The van der Waals surface area contributed by atoms with E-state index in [0.29, 0.717) is 22.6 Å². The minimum atomic E-state index is -0.564. The van der Waals surface area contributed by atoms with Crippen LogP contribution in [-0.2, 0) is 20.5 Å². The molecule has 0 unspecified atom stereocenters. The summed E-state index contributed by atoms with van der Waals surface area (Å²) in [5.74, 6) is 1.63. The number of halogens is 1. The highest BCUT2D eigenvalue weighted by Gasteiger charge is 2.21. The fraction of sp³-hybridized carbons (Fsp3) is 0.312. The van der Waals surface area contributed by atoms with E-state index in [1.165, 1.54) is 19.3 Å². The molecule has 5 heterocycles. The van der Waals surface area contributed by atoms with E-state index in [-0.39, 0.29) is 11.4 Å². The topological polar surface area (TPSA) is 158 Å². The highest BCUT2D eigenvalue weighted by molar-refractivity contribution is 6.31. The van der Waals surface area contributed by atoms with Gasteiger partial charge < -0.3 is 15.4 Å². The summed E-state index contributed by atoms with van der Waals surface area (Å²) in [4.78, 5) is 35.5. The molecule has 4 aromatic heterocycles. The minimum Gasteiger partial charge on any atom is -0.490 e. The second kappa shape index (κ2) is 18.4. The lowest BCUT2D eigenvalue weighted by Crippen LogP contribution is -2.34. The molecule has 2 aliphatic rings. The van der Waals surface area contributed by atoms with Gasteiger partial charge in [-0.3, -0.25) is 23.9 Å². The Bertz CT molecular complexity index is 2780. The molecule has 9 rings (SSSR count). The van der Waals surface area contributed by atoms with E-state index in [4.69, 9.17) is 37.3 Å². The molecule has 3 aromatic carbocycles. The van der Waals surface area contributed by atoms with E-state index in [1.54, 1.807) is 41.4 Å². The van der Waals surface area contributed by atoms with Gasteiger partial charge in [-0.25, -0.2) is 4.79 Å². The van der Waals surface area contributed by atoms with Crippen LogP contribution in [0.15, 0.2) is 102 Å². The number of carbonyl (C=O) groups excluding carboxylic acids is 1. The van der Waals surface area contributed by atoms with Crippen molar-refractivity contribution < 1.29 is 9.53 Å². The molecule has 1 amide bonds. The SMILES string of the molecule is Cn1c(=O)n(C)c2cc(-c3cccc4cc(-c5ccc(CCC6CCN(c7ccc(C(N)=O)nn7)CC6)nc5)ncc34)ccc21.N#Cc1ccc(OC2CCCCC2)cc1Cl. The van der Waals surface area contributed by atoms with Crippen LogP contribution < -0.4 is 21.1 Å². The number of fused-ring (bicyclic) bond motifs is 2. The van der Waals surface area contributed by atoms with Crippen molar-refractivity contribution >= 4 is 45.1 Å². The largest absolute Gasteiger partial charge is 0.490 e. The van der Waals surface area contributed by atoms with Crippen LogP contribution in [0.5, 0.6) is 5.75 Å². The van der Waals surface area contributed by atoms with Crippen molar-refractivity contribution in [1.29, 1.82) is 5.26 Å². The summed E-state index contributed by atoms with van der Waals surface area (Å²) in [6.45, 7) is 1.83. The zero-order valence-corrected chi connectivity index (χ0v) is 35.2. The van der Waals surface area contributed by atoms with Crippen LogP contribution in [0, 0.1) is 17.2 Å². The Morgan fingerprint density at radius 2 is 1.64 bits per heavy atom. The maximum absolute atomic E-state index is 12.4. The predicted octanol–water partition coefficient (Wildman–Crippen LogP) is 8.82. The normalized spacial score (nSPS) is 14.7. The Hall–Kier alpha value is -6.58. The molecule has 0 radical (unpaired) electrons. The number of nitrogens with zero attached hydrogens (tertiary/aromatic N) is 8. The van der Waals surface area contributed by atoms with Crippen molar-refractivity contribution in [3.63, 3.8) is 0 Å². The first-order chi connectivity index (χ1) is 29.6. The smallest absolute Gasteiger partial charge is 0.328 e. The highest BCUT2D eigenvalue weighted by Crippen LogP contribution is 2.33. The van der Waals surface area contributed by atoms with Crippen LogP contribution >= 0.6 is 11.6 Å². The number of rotatable bonds is 9. The van der Waals surface area contributed by atoms with Crippen LogP contribution in [0.2, 0.25) is 5.02 Å². The summed E-state index contributed by atoms with van der Waals surface area (Å²) in [5, 5.41) is 19.5. The van der Waals surface area contributed by atoms with E-state index in [0.717, 1.165) is 113 Å². The van der Waals surface area contributed by atoms with E-state index < -0.39 is 5.91 Å². The number of carbonyl (C=O) groups is 1. The van der Waals surface area contributed by atoms with E-state index >= 15 is 0 Å². The number of primary amides is 1. The summed E-state index contributed by atoms with van der Waals surface area (Å²) in [7, 11) is 3.61. The molecule has 61 heavy (non-hydrogen) atoms. The first-order valence-corrected chi connectivity index (χ1v) is 21.3. The quantitative estimate of drug-likeness (QED) is 0.150. The number of nitrogens with two attached hydrogens (primary N) is 1. The van der Waals surface area contributed by atoms with Crippen molar-refractivity contribution in [3.05, 3.63) is 130 Å². The molecule has 310 valence electrons. The molecule has 1 saturated carbocycles. The number of ether oxygens (including phenoxy) is 1. The van der Waals surface area contributed by atoms with Crippen LogP contribution in [0.3, 0.4) is 0 Å². The molecule has 7 aromatic rings. The van der Waals surface area contributed by atoms with Gasteiger partial charge in [0.05, 0.1) is 33.4 Å². The maximum atomic E-state index is 12.4. The number of aromatic nitrogens is 6. The molecular weight excluding hydrogens is 786 g/mol. The Labute approximate surface area is 359 Å². The van der Waals surface area contributed by atoms with E-state index in [1.807, 2.05) is 36.7 Å². The molecule has 2 fully saturated rings. The van der Waals surface area contributed by atoms with Gasteiger partial charge in [0.2, 0.25) is 0 Å². The van der Waals surface area contributed by atoms with E-state index in [9.17, 15) is 9.59 Å². The number of amides is 1. The van der Waals surface area contributed by atoms with Crippen molar-refractivity contribution in [2.24, 2.45) is 25.7 Å². The van der Waals surface area contributed by atoms with Crippen molar-refractivity contribution in [3.8, 4) is 34.2 Å². The molecule has 0 spiro atoms. The van der Waals surface area contributed by atoms with Crippen LogP contribution in [-0.4, -0.2) is 54.4 Å². The van der Waals surface area contributed by atoms with Gasteiger partial charge in [0.1, 0.15) is 11.8 Å². The third-order valence-corrected chi connectivity index (χ3v) is 12.3. The summed E-state index contributed by atoms with van der Waals surface area (Å²) in [6.07, 6.45) is 14.4. The predicted molar refractivity (Wildman–Crippen MR) is 240 cm³/mol. The second-order valence-electron chi connectivity index (χ2n) is 16.0. The summed E-state index contributed by atoms with van der Waals surface area (Å²) >= 11 is 5.94. The zero-order valence-electron chi connectivity index (χ0n) is 34.4. The molecule has 1 aliphatic carbocycles. The molecule has 1 saturated heterocycles. The van der Waals surface area contributed by atoms with Gasteiger partial charge in [0, 0.05) is 62.3 Å². The van der Waals surface area contributed by atoms with Crippen molar-refractivity contribution in [2.75, 3.05) is 18.0 Å². The van der Waals surface area contributed by atoms with Crippen LogP contribution in [0.1, 0.15) is 73.1 Å². The molecule has 12 nitrogen and oxygen atoms in total. The van der Waals surface area contributed by atoms with Gasteiger partial charge in [-0.15, -0.1) is 10.2 Å².